The zero-order chi connectivity index (χ0) is 14.3. The average Bonchev–Trinajstić information content (AvgIpc) is 2.36. The standard InChI is InChI=1S/C13H14ClNO4/c14-10-3-1-2-9(8-10)4-5-12(17)15-11(6-7-16)13(18)19/h1-5,8,11,16H,6-7H2,(H,15,17)(H,18,19)/b5-4+/t11-/m1/s1. The Morgan fingerprint density at radius 1 is 1.42 bits per heavy atom. The van der Waals surface area contributed by atoms with E-state index in [1.165, 1.54) is 12.2 Å². The summed E-state index contributed by atoms with van der Waals surface area (Å²) in [6.45, 7) is -0.310. The van der Waals surface area contributed by atoms with Crippen LogP contribution >= 0.6 is 11.6 Å². The topological polar surface area (TPSA) is 86.6 Å². The Hall–Kier alpha value is -1.85. The molecule has 0 aliphatic heterocycles. The molecule has 6 heteroatoms. The molecule has 5 nitrogen and oxygen atoms in total. The van der Waals surface area contributed by atoms with E-state index < -0.39 is 17.9 Å². The molecule has 0 fully saturated rings. The maximum atomic E-state index is 11.5. The van der Waals surface area contributed by atoms with Crippen molar-refractivity contribution in [2.75, 3.05) is 6.61 Å². The summed E-state index contributed by atoms with van der Waals surface area (Å²) in [5.41, 5.74) is 0.733. The summed E-state index contributed by atoms with van der Waals surface area (Å²) in [7, 11) is 0. The number of nitrogens with one attached hydrogen (secondary N) is 1. The second kappa shape index (κ2) is 7.56. The highest BCUT2D eigenvalue weighted by Gasteiger charge is 2.17. The summed E-state index contributed by atoms with van der Waals surface area (Å²) < 4.78 is 0. The SMILES string of the molecule is O=C(/C=C/c1cccc(Cl)c1)N[C@H](CCO)C(=O)O. The molecular formula is C13H14ClNO4. The van der Waals surface area contributed by atoms with Gasteiger partial charge in [-0.3, -0.25) is 4.79 Å². The van der Waals surface area contributed by atoms with Crippen LogP contribution in [0.1, 0.15) is 12.0 Å². The van der Waals surface area contributed by atoms with Crippen molar-refractivity contribution in [1.29, 1.82) is 0 Å². The zero-order valence-electron chi connectivity index (χ0n) is 10.0. The van der Waals surface area contributed by atoms with Crippen molar-refractivity contribution in [3.8, 4) is 0 Å². The maximum Gasteiger partial charge on any atom is 0.326 e. The van der Waals surface area contributed by atoms with Gasteiger partial charge in [-0.05, 0) is 23.8 Å². The van der Waals surface area contributed by atoms with Crippen molar-refractivity contribution in [3.63, 3.8) is 0 Å². The normalized spacial score (nSPS) is 12.3. The quantitative estimate of drug-likeness (QED) is 0.687. The minimum absolute atomic E-state index is 0.0356. The molecule has 0 aromatic heterocycles. The Morgan fingerprint density at radius 3 is 2.74 bits per heavy atom. The number of carboxylic acid groups (broad SMARTS) is 1. The van der Waals surface area contributed by atoms with Crippen LogP contribution in [0.5, 0.6) is 0 Å². The Balaban J connectivity index is 2.61. The molecule has 0 aliphatic rings. The van der Waals surface area contributed by atoms with E-state index in [0.717, 1.165) is 5.56 Å². The Labute approximate surface area is 115 Å². The molecule has 0 unspecified atom stereocenters. The van der Waals surface area contributed by atoms with Gasteiger partial charge in [0.2, 0.25) is 5.91 Å². The van der Waals surface area contributed by atoms with Gasteiger partial charge in [-0.1, -0.05) is 23.7 Å². The number of aliphatic carboxylic acids is 1. The van der Waals surface area contributed by atoms with Crippen molar-refractivity contribution >= 4 is 29.6 Å². The lowest BCUT2D eigenvalue weighted by molar-refractivity contribution is -0.141. The molecule has 1 aromatic carbocycles. The molecule has 1 rings (SSSR count). The first-order valence-electron chi connectivity index (χ1n) is 5.60. The van der Waals surface area contributed by atoms with Crippen LogP contribution in [-0.2, 0) is 9.59 Å². The van der Waals surface area contributed by atoms with Crippen molar-refractivity contribution in [3.05, 3.63) is 40.9 Å². The minimum atomic E-state index is -1.18. The maximum absolute atomic E-state index is 11.5. The van der Waals surface area contributed by atoms with Gasteiger partial charge in [0.25, 0.3) is 0 Å². The first kappa shape index (κ1) is 15.2. The van der Waals surface area contributed by atoms with Gasteiger partial charge in [-0.2, -0.15) is 0 Å². The minimum Gasteiger partial charge on any atom is -0.480 e. The molecule has 0 saturated carbocycles. The number of hydrogen-bond donors (Lipinski definition) is 3. The predicted octanol–water partition coefficient (Wildman–Crippen LogP) is 1.30. The van der Waals surface area contributed by atoms with Crippen molar-refractivity contribution in [2.45, 2.75) is 12.5 Å². The van der Waals surface area contributed by atoms with Crippen LogP contribution in [0, 0.1) is 0 Å². The predicted molar refractivity (Wildman–Crippen MR) is 71.8 cm³/mol. The van der Waals surface area contributed by atoms with Crippen LogP contribution in [0.15, 0.2) is 30.3 Å². The molecule has 0 radical (unpaired) electrons. The number of hydrogen-bond acceptors (Lipinski definition) is 3. The molecule has 0 spiro atoms. The summed E-state index contributed by atoms with van der Waals surface area (Å²) in [6, 6.07) is 5.79. The first-order chi connectivity index (χ1) is 9.02. The van der Waals surface area contributed by atoms with Gasteiger partial charge in [0, 0.05) is 24.1 Å². The first-order valence-corrected chi connectivity index (χ1v) is 5.98. The molecular weight excluding hydrogens is 270 g/mol. The Kier molecular flexibility index (Phi) is 6.05. The molecule has 0 heterocycles. The fourth-order valence-electron chi connectivity index (χ4n) is 1.39. The largest absolute Gasteiger partial charge is 0.480 e. The summed E-state index contributed by atoms with van der Waals surface area (Å²) >= 11 is 5.79. The van der Waals surface area contributed by atoms with E-state index in [1.54, 1.807) is 24.3 Å². The van der Waals surface area contributed by atoms with Crippen LogP contribution < -0.4 is 5.32 Å². The summed E-state index contributed by atoms with van der Waals surface area (Å²) in [4.78, 5) is 22.3. The van der Waals surface area contributed by atoms with E-state index in [9.17, 15) is 9.59 Å². The van der Waals surface area contributed by atoms with Crippen molar-refractivity contribution in [1.82, 2.24) is 5.32 Å². The highest BCUT2D eigenvalue weighted by Crippen LogP contribution is 2.11. The van der Waals surface area contributed by atoms with Crippen LogP contribution in [0.3, 0.4) is 0 Å². The van der Waals surface area contributed by atoms with E-state index in [2.05, 4.69) is 5.32 Å². The third kappa shape index (κ3) is 5.54. The second-order valence-corrected chi connectivity index (χ2v) is 4.24. The fourth-order valence-corrected chi connectivity index (χ4v) is 1.59. The average molecular weight is 284 g/mol. The highest BCUT2D eigenvalue weighted by molar-refractivity contribution is 6.30. The number of halogens is 1. The molecule has 1 amide bonds. The van der Waals surface area contributed by atoms with Gasteiger partial charge in [-0.25, -0.2) is 4.79 Å². The lowest BCUT2D eigenvalue weighted by Gasteiger charge is -2.11. The second-order valence-electron chi connectivity index (χ2n) is 3.80. The number of amides is 1. The molecule has 19 heavy (non-hydrogen) atoms. The molecule has 0 aliphatic carbocycles. The van der Waals surface area contributed by atoms with Gasteiger partial charge in [0.05, 0.1) is 0 Å². The summed E-state index contributed by atoms with van der Waals surface area (Å²) in [5.74, 6) is -1.72. The Bertz CT molecular complexity index is 487. The van der Waals surface area contributed by atoms with Gasteiger partial charge in [0.15, 0.2) is 0 Å². The number of carbonyl (C=O) groups is 2. The van der Waals surface area contributed by atoms with E-state index in [-0.39, 0.29) is 13.0 Å². The fraction of sp³-hybridized carbons (Fsp3) is 0.231. The monoisotopic (exact) mass is 283 g/mol. The number of carbonyl (C=O) groups excluding carboxylic acids is 1. The number of benzene rings is 1. The molecule has 102 valence electrons. The van der Waals surface area contributed by atoms with Crippen LogP contribution in [0.4, 0.5) is 0 Å². The molecule has 1 atom stereocenters. The highest BCUT2D eigenvalue weighted by atomic mass is 35.5. The van der Waals surface area contributed by atoms with Crippen LogP contribution in [-0.4, -0.2) is 34.7 Å². The third-order valence-corrected chi connectivity index (χ3v) is 2.54. The lowest BCUT2D eigenvalue weighted by Crippen LogP contribution is -2.40. The molecule has 0 bridgehead atoms. The van der Waals surface area contributed by atoms with Gasteiger partial charge < -0.3 is 15.5 Å². The number of rotatable bonds is 6. The van der Waals surface area contributed by atoms with Crippen LogP contribution in [0.2, 0.25) is 5.02 Å². The van der Waals surface area contributed by atoms with Crippen molar-refractivity contribution < 1.29 is 19.8 Å². The van der Waals surface area contributed by atoms with Crippen LogP contribution in [0.25, 0.3) is 6.08 Å². The smallest absolute Gasteiger partial charge is 0.326 e. The number of carboxylic acids is 1. The Morgan fingerprint density at radius 2 is 2.16 bits per heavy atom. The molecule has 0 saturated heterocycles. The van der Waals surface area contributed by atoms with Crippen molar-refractivity contribution in [2.24, 2.45) is 0 Å². The van der Waals surface area contributed by atoms with E-state index in [4.69, 9.17) is 21.8 Å². The summed E-state index contributed by atoms with van der Waals surface area (Å²) in [5, 5.41) is 20.3. The van der Waals surface area contributed by atoms with Gasteiger partial charge in [-0.15, -0.1) is 0 Å². The zero-order valence-corrected chi connectivity index (χ0v) is 10.8. The van der Waals surface area contributed by atoms with E-state index >= 15 is 0 Å². The number of aliphatic hydroxyl groups is 1. The summed E-state index contributed by atoms with van der Waals surface area (Å²) in [6.07, 6.45) is 2.71. The molecule has 3 N–H and O–H groups in total. The lowest BCUT2D eigenvalue weighted by atomic mass is 10.2. The number of aliphatic hydroxyl groups excluding tert-OH is 1. The van der Waals surface area contributed by atoms with Gasteiger partial charge >= 0.3 is 5.97 Å². The molecule has 1 aromatic rings. The van der Waals surface area contributed by atoms with E-state index in [1.807, 2.05) is 0 Å². The third-order valence-electron chi connectivity index (χ3n) is 2.31. The van der Waals surface area contributed by atoms with E-state index in [0.29, 0.717) is 5.02 Å². The van der Waals surface area contributed by atoms with Gasteiger partial charge in [0.1, 0.15) is 6.04 Å².